The minimum absolute atomic E-state index is 0.334. The molecule has 0 saturated carbocycles. The molecule has 102 valence electrons. The Bertz CT molecular complexity index is 760. The Labute approximate surface area is 117 Å². The van der Waals surface area contributed by atoms with Crippen LogP contribution in [0, 0.1) is 0 Å². The van der Waals surface area contributed by atoms with Crippen LogP contribution in [0.4, 0.5) is 13.2 Å². The van der Waals surface area contributed by atoms with E-state index in [9.17, 15) is 13.2 Å². The third kappa shape index (κ3) is 2.25. The van der Waals surface area contributed by atoms with Gasteiger partial charge in [0.2, 0.25) is 0 Å². The molecule has 2 nitrogen and oxygen atoms in total. The Morgan fingerprint density at radius 1 is 1.05 bits per heavy atom. The molecule has 0 saturated heterocycles. The molecule has 0 bridgehead atoms. The van der Waals surface area contributed by atoms with Crippen molar-refractivity contribution in [1.82, 2.24) is 9.55 Å². The third-order valence-electron chi connectivity index (χ3n) is 3.01. The fourth-order valence-corrected chi connectivity index (χ4v) is 2.15. The van der Waals surface area contributed by atoms with Gasteiger partial charge in [0.15, 0.2) is 0 Å². The molecular weight excluding hydrogens is 289 g/mol. The molecule has 0 fully saturated rings. The van der Waals surface area contributed by atoms with Gasteiger partial charge in [0.05, 0.1) is 23.0 Å². The lowest BCUT2D eigenvalue weighted by Crippen LogP contribution is -2.04. The van der Waals surface area contributed by atoms with E-state index in [1.54, 1.807) is 29.0 Å². The zero-order valence-electron chi connectivity index (χ0n) is 10.0. The monoisotopic (exact) mass is 296 g/mol. The normalized spacial score (nSPS) is 12.0. The van der Waals surface area contributed by atoms with E-state index in [-0.39, 0.29) is 0 Å². The lowest BCUT2D eigenvalue weighted by Gasteiger charge is -2.09. The number of benzene rings is 1. The molecule has 3 rings (SSSR count). The molecule has 0 aliphatic rings. The van der Waals surface area contributed by atoms with E-state index < -0.39 is 11.7 Å². The van der Waals surface area contributed by atoms with Gasteiger partial charge in [-0.1, -0.05) is 17.7 Å². The molecule has 0 aliphatic heterocycles. The van der Waals surface area contributed by atoms with E-state index in [0.717, 1.165) is 17.5 Å². The zero-order valence-corrected chi connectivity index (χ0v) is 10.8. The number of nitrogens with zero attached hydrogens (tertiary/aromatic N) is 2. The van der Waals surface area contributed by atoms with Crippen LogP contribution in [0.3, 0.4) is 0 Å². The maximum atomic E-state index is 12.8. The molecular formula is C14H8ClF3N2. The molecule has 0 spiro atoms. The Morgan fingerprint density at radius 3 is 2.50 bits per heavy atom. The molecule has 2 aromatic heterocycles. The van der Waals surface area contributed by atoms with E-state index in [1.165, 1.54) is 12.3 Å². The van der Waals surface area contributed by atoms with E-state index in [4.69, 9.17) is 11.6 Å². The summed E-state index contributed by atoms with van der Waals surface area (Å²) >= 11 is 5.71. The Hall–Kier alpha value is -2.01. The van der Waals surface area contributed by atoms with Gasteiger partial charge in [-0.25, -0.2) is 4.98 Å². The number of fused-ring (bicyclic) bond motifs is 1. The van der Waals surface area contributed by atoms with E-state index in [2.05, 4.69) is 4.98 Å². The fourth-order valence-electron chi connectivity index (χ4n) is 2.04. The zero-order chi connectivity index (χ0) is 14.3. The predicted molar refractivity (Wildman–Crippen MR) is 71.1 cm³/mol. The number of hydrogen-bond acceptors (Lipinski definition) is 1. The molecule has 0 N–H and O–H groups in total. The van der Waals surface area contributed by atoms with Crippen LogP contribution in [0.25, 0.3) is 16.6 Å². The summed E-state index contributed by atoms with van der Waals surface area (Å²) in [5.74, 6) is 0. The number of aromatic nitrogens is 2. The summed E-state index contributed by atoms with van der Waals surface area (Å²) in [6, 6.07) is 8.71. The SMILES string of the molecule is FC(F)(F)c1ccc2ccn(-c3ccc(Cl)nc3)c2c1. The largest absolute Gasteiger partial charge is 0.416 e. The van der Waals surface area contributed by atoms with Crippen molar-refractivity contribution in [2.24, 2.45) is 0 Å². The highest BCUT2D eigenvalue weighted by molar-refractivity contribution is 6.29. The van der Waals surface area contributed by atoms with Crippen molar-refractivity contribution in [3.8, 4) is 5.69 Å². The number of hydrogen-bond donors (Lipinski definition) is 0. The summed E-state index contributed by atoms with van der Waals surface area (Å²) in [7, 11) is 0. The summed E-state index contributed by atoms with van der Waals surface area (Å²) < 4.78 is 40.0. The first-order valence-electron chi connectivity index (χ1n) is 5.75. The molecule has 3 aromatic rings. The van der Waals surface area contributed by atoms with Gasteiger partial charge < -0.3 is 4.57 Å². The second-order valence-corrected chi connectivity index (χ2v) is 4.68. The molecule has 6 heteroatoms. The summed E-state index contributed by atoms with van der Waals surface area (Å²) in [5.41, 5.74) is 0.458. The number of alkyl halides is 3. The topological polar surface area (TPSA) is 17.8 Å². The highest BCUT2D eigenvalue weighted by Gasteiger charge is 2.30. The first kappa shape index (κ1) is 13.0. The predicted octanol–water partition coefficient (Wildman–Crippen LogP) is 4.70. The van der Waals surface area contributed by atoms with Gasteiger partial charge in [-0.2, -0.15) is 13.2 Å². The van der Waals surface area contributed by atoms with Gasteiger partial charge in [-0.3, -0.25) is 0 Å². The quantitative estimate of drug-likeness (QED) is 0.595. The van der Waals surface area contributed by atoms with Gasteiger partial charge in [-0.05, 0) is 35.7 Å². The summed E-state index contributed by atoms with van der Waals surface area (Å²) in [5, 5.41) is 1.06. The van der Waals surface area contributed by atoms with E-state index in [0.29, 0.717) is 16.4 Å². The van der Waals surface area contributed by atoms with Crippen LogP contribution >= 0.6 is 11.6 Å². The van der Waals surface area contributed by atoms with Crippen molar-refractivity contribution < 1.29 is 13.2 Å². The second kappa shape index (κ2) is 4.52. The van der Waals surface area contributed by atoms with Crippen molar-refractivity contribution in [3.63, 3.8) is 0 Å². The van der Waals surface area contributed by atoms with Crippen molar-refractivity contribution in [3.05, 3.63) is 59.5 Å². The highest BCUT2D eigenvalue weighted by Crippen LogP contribution is 2.32. The summed E-state index contributed by atoms with van der Waals surface area (Å²) in [6.07, 6.45) is -1.14. The van der Waals surface area contributed by atoms with E-state index >= 15 is 0 Å². The average molecular weight is 297 g/mol. The van der Waals surface area contributed by atoms with Crippen molar-refractivity contribution in [2.45, 2.75) is 6.18 Å². The van der Waals surface area contributed by atoms with Gasteiger partial charge in [0, 0.05) is 6.20 Å². The maximum Gasteiger partial charge on any atom is 0.416 e. The van der Waals surface area contributed by atoms with E-state index in [1.807, 2.05) is 0 Å². The van der Waals surface area contributed by atoms with Crippen LogP contribution in [0.15, 0.2) is 48.8 Å². The average Bonchev–Trinajstić information content (AvgIpc) is 2.81. The van der Waals surface area contributed by atoms with Crippen molar-refractivity contribution in [2.75, 3.05) is 0 Å². The standard InChI is InChI=1S/C14H8ClF3N2/c15-13-4-3-11(8-19-13)20-6-5-9-1-2-10(7-12(9)20)14(16,17)18/h1-8H. The molecule has 0 atom stereocenters. The molecule has 2 heterocycles. The molecule has 20 heavy (non-hydrogen) atoms. The third-order valence-corrected chi connectivity index (χ3v) is 3.23. The van der Waals surface area contributed by atoms with Crippen LogP contribution in [0.2, 0.25) is 5.15 Å². The van der Waals surface area contributed by atoms with Crippen LogP contribution < -0.4 is 0 Å². The Balaban J connectivity index is 2.19. The van der Waals surface area contributed by atoms with Crippen molar-refractivity contribution >= 4 is 22.5 Å². The van der Waals surface area contributed by atoms with Gasteiger partial charge in [-0.15, -0.1) is 0 Å². The van der Waals surface area contributed by atoms with Crippen LogP contribution in [-0.2, 0) is 6.18 Å². The smallest absolute Gasteiger partial charge is 0.315 e. The minimum Gasteiger partial charge on any atom is -0.315 e. The van der Waals surface area contributed by atoms with Crippen molar-refractivity contribution in [1.29, 1.82) is 0 Å². The summed E-state index contributed by atoms with van der Waals surface area (Å²) in [4.78, 5) is 3.94. The molecule has 0 radical (unpaired) electrons. The van der Waals surface area contributed by atoms with Gasteiger partial charge in [0.1, 0.15) is 5.15 Å². The molecule has 1 aromatic carbocycles. The highest BCUT2D eigenvalue weighted by atomic mass is 35.5. The second-order valence-electron chi connectivity index (χ2n) is 4.30. The maximum absolute atomic E-state index is 12.8. The molecule has 0 amide bonds. The van der Waals surface area contributed by atoms with Crippen LogP contribution in [0.5, 0.6) is 0 Å². The first-order valence-corrected chi connectivity index (χ1v) is 6.13. The summed E-state index contributed by atoms with van der Waals surface area (Å²) in [6.45, 7) is 0. The number of halogens is 4. The van der Waals surface area contributed by atoms with Gasteiger partial charge in [0.25, 0.3) is 0 Å². The minimum atomic E-state index is -4.36. The van der Waals surface area contributed by atoms with Crippen LogP contribution in [-0.4, -0.2) is 9.55 Å². The number of rotatable bonds is 1. The molecule has 0 aliphatic carbocycles. The van der Waals surface area contributed by atoms with Gasteiger partial charge >= 0.3 is 6.18 Å². The fraction of sp³-hybridized carbons (Fsp3) is 0.0714. The van der Waals surface area contributed by atoms with Crippen LogP contribution in [0.1, 0.15) is 5.56 Å². The molecule has 0 unspecified atom stereocenters. The lowest BCUT2D eigenvalue weighted by atomic mass is 10.1. The first-order chi connectivity index (χ1) is 9.45. The number of pyridine rings is 1. The Kier molecular flexibility index (Phi) is 2.94. The Morgan fingerprint density at radius 2 is 1.85 bits per heavy atom. The lowest BCUT2D eigenvalue weighted by molar-refractivity contribution is -0.137.